The summed E-state index contributed by atoms with van der Waals surface area (Å²) in [6, 6.07) is 5.87. The molecule has 0 radical (unpaired) electrons. The van der Waals surface area contributed by atoms with Gasteiger partial charge in [-0.15, -0.1) is 0 Å². The second-order valence-corrected chi connectivity index (χ2v) is 5.97. The molecule has 0 spiro atoms. The van der Waals surface area contributed by atoms with E-state index in [2.05, 4.69) is 19.2 Å². The molecule has 1 aliphatic rings. The Morgan fingerprint density at radius 1 is 1.50 bits per heavy atom. The van der Waals surface area contributed by atoms with Crippen LogP contribution in [0.15, 0.2) is 18.2 Å². The van der Waals surface area contributed by atoms with Gasteiger partial charge in [0.25, 0.3) is 0 Å². The third-order valence-corrected chi connectivity index (χ3v) is 4.20. The molecule has 4 heteroatoms. The van der Waals surface area contributed by atoms with Crippen molar-refractivity contribution in [2.75, 3.05) is 20.3 Å². The molecule has 1 fully saturated rings. The molecular weight excluding hydrogens is 274 g/mol. The van der Waals surface area contributed by atoms with Gasteiger partial charge < -0.3 is 14.8 Å². The highest BCUT2D eigenvalue weighted by molar-refractivity contribution is 6.30. The van der Waals surface area contributed by atoms with Gasteiger partial charge in [-0.25, -0.2) is 0 Å². The van der Waals surface area contributed by atoms with Crippen LogP contribution in [0.4, 0.5) is 0 Å². The summed E-state index contributed by atoms with van der Waals surface area (Å²) >= 11 is 6.18. The topological polar surface area (TPSA) is 30.5 Å². The second-order valence-electron chi connectivity index (χ2n) is 5.54. The quantitative estimate of drug-likeness (QED) is 0.862. The van der Waals surface area contributed by atoms with Crippen LogP contribution in [0.25, 0.3) is 0 Å². The van der Waals surface area contributed by atoms with Gasteiger partial charge in [-0.2, -0.15) is 0 Å². The van der Waals surface area contributed by atoms with Crippen LogP contribution in [0, 0.1) is 0 Å². The van der Waals surface area contributed by atoms with Gasteiger partial charge in [-0.1, -0.05) is 18.5 Å². The number of benzene rings is 1. The van der Waals surface area contributed by atoms with Crippen LogP contribution in [-0.4, -0.2) is 25.9 Å². The fourth-order valence-electron chi connectivity index (χ4n) is 2.90. The van der Waals surface area contributed by atoms with Crippen LogP contribution in [0.1, 0.15) is 44.7 Å². The SMILES string of the molecule is CCCNC(c1cc(Cl)ccc1OC)C1(C)CCCO1. The molecule has 1 saturated heterocycles. The molecule has 2 rings (SSSR count). The van der Waals surface area contributed by atoms with E-state index in [9.17, 15) is 0 Å². The van der Waals surface area contributed by atoms with Crippen LogP contribution in [0.5, 0.6) is 5.75 Å². The number of halogens is 1. The Bertz CT molecular complexity index is 444. The van der Waals surface area contributed by atoms with Crippen molar-refractivity contribution in [1.29, 1.82) is 0 Å². The normalized spacial score (nSPS) is 23.8. The number of rotatable bonds is 6. The Labute approximate surface area is 126 Å². The Morgan fingerprint density at radius 2 is 2.30 bits per heavy atom. The van der Waals surface area contributed by atoms with Gasteiger partial charge in [0.15, 0.2) is 0 Å². The summed E-state index contributed by atoms with van der Waals surface area (Å²) in [6.45, 7) is 6.10. The molecule has 1 aromatic rings. The predicted molar refractivity (Wildman–Crippen MR) is 82.6 cm³/mol. The fourth-order valence-corrected chi connectivity index (χ4v) is 3.08. The molecule has 112 valence electrons. The van der Waals surface area contributed by atoms with Crippen molar-refractivity contribution < 1.29 is 9.47 Å². The first-order chi connectivity index (χ1) is 9.60. The number of methoxy groups -OCH3 is 1. The zero-order valence-electron chi connectivity index (χ0n) is 12.5. The van der Waals surface area contributed by atoms with Crippen molar-refractivity contribution in [2.45, 2.75) is 44.8 Å². The summed E-state index contributed by atoms with van der Waals surface area (Å²) in [4.78, 5) is 0. The standard InChI is InChI=1S/C16H24ClNO2/c1-4-9-18-15(16(2)8-5-10-20-16)13-11-12(17)6-7-14(13)19-3/h6-7,11,15,18H,4-5,8-10H2,1-3H3. The lowest BCUT2D eigenvalue weighted by molar-refractivity contribution is -0.0130. The Hall–Kier alpha value is -0.770. The minimum Gasteiger partial charge on any atom is -0.496 e. The number of hydrogen-bond acceptors (Lipinski definition) is 3. The predicted octanol–water partition coefficient (Wildman–Crippen LogP) is 3.96. The summed E-state index contributed by atoms with van der Waals surface area (Å²) in [6.07, 6.45) is 3.23. The van der Waals surface area contributed by atoms with Gasteiger partial charge in [-0.3, -0.25) is 0 Å². The zero-order chi connectivity index (χ0) is 14.6. The van der Waals surface area contributed by atoms with E-state index < -0.39 is 0 Å². The van der Waals surface area contributed by atoms with Gasteiger partial charge in [0, 0.05) is 17.2 Å². The minimum absolute atomic E-state index is 0.0959. The van der Waals surface area contributed by atoms with Gasteiger partial charge in [0.05, 0.1) is 18.8 Å². The highest BCUT2D eigenvalue weighted by atomic mass is 35.5. The van der Waals surface area contributed by atoms with Crippen LogP contribution in [0.3, 0.4) is 0 Å². The number of hydrogen-bond donors (Lipinski definition) is 1. The fraction of sp³-hybridized carbons (Fsp3) is 0.625. The van der Waals surface area contributed by atoms with Crippen LogP contribution < -0.4 is 10.1 Å². The number of nitrogens with one attached hydrogen (secondary N) is 1. The maximum absolute atomic E-state index is 6.18. The van der Waals surface area contributed by atoms with Crippen molar-refractivity contribution in [3.8, 4) is 5.75 Å². The Morgan fingerprint density at radius 3 is 2.90 bits per heavy atom. The Balaban J connectivity index is 2.37. The molecular formula is C16H24ClNO2. The third-order valence-electron chi connectivity index (χ3n) is 3.96. The summed E-state index contributed by atoms with van der Waals surface area (Å²) in [5.74, 6) is 0.861. The molecule has 2 atom stereocenters. The average molecular weight is 298 g/mol. The molecule has 1 aromatic carbocycles. The van der Waals surface area contributed by atoms with Crippen LogP contribution >= 0.6 is 11.6 Å². The van der Waals surface area contributed by atoms with E-state index in [-0.39, 0.29) is 11.6 Å². The molecule has 0 saturated carbocycles. The molecule has 1 heterocycles. The van der Waals surface area contributed by atoms with E-state index in [1.54, 1.807) is 7.11 Å². The molecule has 0 amide bonds. The number of ether oxygens (including phenoxy) is 2. The van der Waals surface area contributed by atoms with Gasteiger partial charge >= 0.3 is 0 Å². The van der Waals surface area contributed by atoms with E-state index in [1.807, 2.05) is 18.2 Å². The lowest BCUT2D eigenvalue weighted by Crippen LogP contribution is -2.41. The van der Waals surface area contributed by atoms with E-state index in [1.165, 1.54) is 0 Å². The largest absolute Gasteiger partial charge is 0.496 e. The molecule has 2 unspecified atom stereocenters. The summed E-state index contributed by atoms with van der Waals surface area (Å²) in [7, 11) is 1.70. The first-order valence-electron chi connectivity index (χ1n) is 7.31. The molecule has 20 heavy (non-hydrogen) atoms. The molecule has 0 bridgehead atoms. The maximum Gasteiger partial charge on any atom is 0.123 e. The lowest BCUT2D eigenvalue weighted by Gasteiger charge is -2.35. The molecule has 0 aliphatic carbocycles. The lowest BCUT2D eigenvalue weighted by atomic mass is 9.87. The van der Waals surface area contributed by atoms with Crippen molar-refractivity contribution in [2.24, 2.45) is 0 Å². The van der Waals surface area contributed by atoms with Crippen molar-refractivity contribution >= 4 is 11.6 Å². The second kappa shape index (κ2) is 6.79. The van der Waals surface area contributed by atoms with Crippen LogP contribution in [-0.2, 0) is 4.74 Å². The highest BCUT2D eigenvalue weighted by Gasteiger charge is 2.40. The van der Waals surface area contributed by atoms with E-state index in [0.717, 1.165) is 48.7 Å². The average Bonchev–Trinajstić information content (AvgIpc) is 2.87. The van der Waals surface area contributed by atoms with Gasteiger partial charge in [0.2, 0.25) is 0 Å². The van der Waals surface area contributed by atoms with Crippen LogP contribution in [0.2, 0.25) is 5.02 Å². The highest BCUT2D eigenvalue weighted by Crippen LogP contribution is 2.41. The summed E-state index contributed by atoms with van der Waals surface area (Å²) < 4.78 is 11.5. The van der Waals surface area contributed by atoms with Crippen molar-refractivity contribution in [3.05, 3.63) is 28.8 Å². The van der Waals surface area contributed by atoms with Crippen molar-refractivity contribution in [1.82, 2.24) is 5.32 Å². The first-order valence-corrected chi connectivity index (χ1v) is 7.69. The molecule has 1 N–H and O–H groups in total. The first kappa shape index (κ1) is 15.6. The van der Waals surface area contributed by atoms with E-state index in [4.69, 9.17) is 21.1 Å². The zero-order valence-corrected chi connectivity index (χ0v) is 13.3. The van der Waals surface area contributed by atoms with E-state index in [0.29, 0.717) is 0 Å². The summed E-state index contributed by atoms with van der Waals surface area (Å²) in [5.41, 5.74) is 0.880. The maximum atomic E-state index is 6.18. The Kier molecular flexibility index (Phi) is 5.30. The monoisotopic (exact) mass is 297 g/mol. The van der Waals surface area contributed by atoms with Gasteiger partial charge in [0.1, 0.15) is 5.75 Å². The smallest absolute Gasteiger partial charge is 0.123 e. The van der Waals surface area contributed by atoms with Crippen molar-refractivity contribution in [3.63, 3.8) is 0 Å². The molecule has 3 nitrogen and oxygen atoms in total. The van der Waals surface area contributed by atoms with E-state index >= 15 is 0 Å². The summed E-state index contributed by atoms with van der Waals surface area (Å²) in [5, 5.41) is 4.33. The minimum atomic E-state index is -0.201. The third kappa shape index (κ3) is 3.27. The molecule has 0 aromatic heterocycles. The molecule has 1 aliphatic heterocycles. The van der Waals surface area contributed by atoms with Gasteiger partial charge in [-0.05, 0) is 50.9 Å².